The van der Waals surface area contributed by atoms with E-state index in [0.717, 1.165) is 56.3 Å². The molecule has 6 heteroatoms. The minimum Gasteiger partial charge on any atom is -0.497 e. The van der Waals surface area contributed by atoms with E-state index >= 15 is 0 Å². The third-order valence-corrected chi connectivity index (χ3v) is 4.85. The summed E-state index contributed by atoms with van der Waals surface area (Å²) in [6.07, 6.45) is 0.517. The maximum atomic E-state index is 12.3. The Morgan fingerprint density at radius 1 is 1.16 bits per heavy atom. The smallest absolute Gasteiger partial charge is 0.221 e. The molecule has 1 aromatic carbocycles. The van der Waals surface area contributed by atoms with E-state index in [9.17, 15) is 4.79 Å². The van der Waals surface area contributed by atoms with Crippen LogP contribution in [-0.4, -0.2) is 69.2 Å². The fraction of sp³-hybridized carbons (Fsp3) is 0.632. The van der Waals surface area contributed by atoms with Gasteiger partial charge in [-0.1, -0.05) is 6.92 Å². The van der Waals surface area contributed by atoms with E-state index in [2.05, 4.69) is 22.0 Å². The largest absolute Gasteiger partial charge is 0.497 e. The minimum atomic E-state index is -0.130. The Hall–Kier alpha value is -1.79. The van der Waals surface area contributed by atoms with Gasteiger partial charge in [-0.25, -0.2) is 0 Å². The normalized spacial score (nSPS) is 17.1. The standard InChI is InChI=1S/C19H31N3O3/c1-5-21-10-12-22(13-11-21)9-8-19(23)20-15(2)17-14-16(24-3)6-7-18(17)25-4/h6-7,14-15H,5,8-13H2,1-4H3,(H,20,23). The molecule has 1 amide bonds. The number of hydrogen-bond acceptors (Lipinski definition) is 5. The van der Waals surface area contributed by atoms with E-state index in [1.165, 1.54) is 0 Å². The van der Waals surface area contributed by atoms with Crippen molar-refractivity contribution in [1.29, 1.82) is 0 Å². The molecular formula is C19H31N3O3. The summed E-state index contributed by atoms with van der Waals surface area (Å²) in [4.78, 5) is 17.1. The number of rotatable bonds is 8. The van der Waals surface area contributed by atoms with Gasteiger partial charge in [0.25, 0.3) is 0 Å². The number of carbonyl (C=O) groups is 1. The van der Waals surface area contributed by atoms with Gasteiger partial charge in [-0.3, -0.25) is 4.79 Å². The van der Waals surface area contributed by atoms with Crippen LogP contribution in [0.15, 0.2) is 18.2 Å². The molecule has 1 fully saturated rings. The van der Waals surface area contributed by atoms with Crippen LogP contribution in [0.1, 0.15) is 31.9 Å². The molecule has 2 rings (SSSR count). The number of ether oxygens (including phenoxy) is 2. The molecule has 0 aliphatic carbocycles. The highest BCUT2D eigenvalue weighted by atomic mass is 16.5. The van der Waals surface area contributed by atoms with Crippen LogP contribution in [0.25, 0.3) is 0 Å². The molecule has 0 bridgehead atoms. The molecule has 140 valence electrons. The van der Waals surface area contributed by atoms with Gasteiger partial charge in [0, 0.05) is 44.7 Å². The zero-order chi connectivity index (χ0) is 18.2. The first-order chi connectivity index (χ1) is 12.1. The summed E-state index contributed by atoms with van der Waals surface area (Å²) >= 11 is 0. The zero-order valence-electron chi connectivity index (χ0n) is 15.9. The highest BCUT2D eigenvalue weighted by Crippen LogP contribution is 2.29. The number of hydrogen-bond donors (Lipinski definition) is 1. The van der Waals surface area contributed by atoms with Crippen molar-refractivity contribution >= 4 is 5.91 Å². The lowest BCUT2D eigenvalue weighted by atomic mass is 10.1. The summed E-state index contributed by atoms with van der Waals surface area (Å²) in [5.74, 6) is 1.57. The number of piperazine rings is 1. The van der Waals surface area contributed by atoms with Crippen LogP contribution < -0.4 is 14.8 Å². The van der Waals surface area contributed by atoms with Crippen LogP contribution in [0.5, 0.6) is 11.5 Å². The Balaban J connectivity index is 1.84. The molecule has 1 saturated heterocycles. The minimum absolute atomic E-state index is 0.0651. The first-order valence-electron chi connectivity index (χ1n) is 9.03. The van der Waals surface area contributed by atoms with Crippen molar-refractivity contribution in [3.63, 3.8) is 0 Å². The molecule has 1 unspecified atom stereocenters. The summed E-state index contributed by atoms with van der Waals surface area (Å²) in [5.41, 5.74) is 0.923. The fourth-order valence-electron chi connectivity index (χ4n) is 3.16. The second-order valence-electron chi connectivity index (χ2n) is 6.42. The molecule has 0 spiro atoms. The maximum Gasteiger partial charge on any atom is 0.221 e. The molecular weight excluding hydrogens is 318 g/mol. The second-order valence-corrected chi connectivity index (χ2v) is 6.42. The molecule has 0 aromatic heterocycles. The van der Waals surface area contributed by atoms with Crippen LogP contribution in [-0.2, 0) is 4.79 Å². The van der Waals surface area contributed by atoms with Crippen molar-refractivity contribution in [2.45, 2.75) is 26.3 Å². The topological polar surface area (TPSA) is 54.0 Å². The van der Waals surface area contributed by atoms with Crippen molar-refractivity contribution in [2.24, 2.45) is 0 Å². The van der Waals surface area contributed by atoms with Gasteiger partial charge < -0.3 is 24.6 Å². The van der Waals surface area contributed by atoms with Crippen LogP contribution in [0.4, 0.5) is 0 Å². The van der Waals surface area contributed by atoms with E-state index in [1.54, 1.807) is 14.2 Å². The Labute approximate surface area is 151 Å². The first kappa shape index (κ1) is 19.5. The summed E-state index contributed by atoms with van der Waals surface area (Å²) in [6.45, 7) is 10.3. The number of carbonyl (C=O) groups excluding carboxylic acids is 1. The summed E-state index contributed by atoms with van der Waals surface area (Å²) in [6, 6.07) is 5.50. The molecule has 1 aliphatic heterocycles. The van der Waals surface area contributed by atoms with Crippen molar-refractivity contribution in [1.82, 2.24) is 15.1 Å². The van der Waals surface area contributed by atoms with E-state index in [0.29, 0.717) is 6.42 Å². The molecule has 6 nitrogen and oxygen atoms in total. The number of nitrogens with one attached hydrogen (secondary N) is 1. The van der Waals surface area contributed by atoms with Crippen LogP contribution in [0, 0.1) is 0 Å². The van der Waals surface area contributed by atoms with Gasteiger partial charge in [-0.2, -0.15) is 0 Å². The lowest BCUT2D eigenvalue weighted by molar-refractivity contribution is -0.122. The Morgan fingerprint density at radius 2 is 1.84 bits per heavy atom. The van der Waals surface area contributed by atoms with Crippen molar-refractivity contribution in [3.05, 3.63) is 23.8 Å². The quantitative estimate of drug-likeness (QED) is 0.777. The lowest BCUT2D eigenvalue weighted by Crippen LogP contribution is -2.47. The van der Waals surface area contributed by atoms with Gasteiger partial charge in [0.1, 0.15) is 11.5 Å². The SMILES string of the molecule is CCN1CCN(CCC(=O)NC(C)c2cc(OC)ccc2OC)CC1. The Bertz CT molecular complexity index is 557. The second kappa shape index (κ2) is 9.63. The maximum absolute atomic E-state index is 12.3. The van der Waals surface area contributed by atoms with E-state index in [-0.39, 0.29) is 11.9 Å². The predicted molar refractivity (Wildman–Crippen MR) is 99.3 cm³/mol. The number of methoxy groups -OCH3 is 2. The van der Waals surface area contributed by atoms with Crippen LogP contribution >= 0.6 is 0 Å². The number of nitrogens with zero attached hydrogens (tertiary/aromatic N) is 2. The molecule has 0 saturated carbocycles. The fourth-order valence-corrected chi connectivity index (χ4v) is 3.16. The van der Waals surface area contributed by atoms with Gasteiger partial charge in [0.05, 0.1) is 20.3 Å². The van der Waals surface area contributed by atoms with Gasteiger partial charge in [0.2, 0.25) is 5.91 Å². The van der Waals surface area contributed by atoms with Crippen molar-refractivity contribution in [3.8, 4) is 11.5 Å². The Kier molecular flexibility index (Phi) is 7.52. The lowest BCUT2D eigenvalue weighted by Gasteiger charge is -2.33. The van der Waals surface area contributed by atoms with Gasteiger partial charge in [0.15, 0.2) is 0 Å². The zero-order valence-corrected chi connectivity index (χ0v) is 15.9. The third kappa shape index (κ3) is 5.61. The van der Waals surface area contributed by atoms with E-state index in [1.807, 2.05) is 25.1 Å². The van der Waals surface area contributed by atoms with Crippen LogP contribution in [0.3, 0.4) is 0 Å². The third-order valence-electron chi connectivity index (χ3n) is 4.85. The molecule has 0 radical (unpaired) electrons. The van der Waals surface area contributed by atoms with Gasteiger partial charge >= 0.3 is 0 Å². The molecule has 25 heavy (non-hydrogen) atoms. The Morgan fingerprint density at radius 3 is 2.44 bits per heavy atom. The van der Waals surface area contributed by atoms with Gasteiger partial charge in [-0.05, 0) is 31.7 Å². The molecule has 1 atom stereocenters. The van der Waals surface area contributed by atoms with Gasteiger partial charge in [-0.15, -0.1) is 0 Å². The van der Waals surface area contributed by atoms with Crippen molar-refractivity contribution in [2.75, 3.05) is 53.5 Å². The van der Waals surface area contributed by atoms with E-state index < -0.39 is 0 Å². The highest BCUT2D eigenvalue weighted by Gasteiger charge is 2.18. The number of benzene rings is 1. The average molecular weight is 349 g/mol. The average Bonchev–Trinajstić information content (AvgIpc) is 2.66. The molecule has 1 aliphatic rings. The summed E-state index contributed by atoms with van der Waals surface area (Å²) in [7, 11) is 3.27. The van der Waals surface area contributed by atoms with Crippen LogP contribution in [0.2, 0.25) is 0 Å². The summed E-state index contributed by atoms with van der Waals surface area (Å²) in [5, 5.41) is 3.07. The molecule has 1 aromatic rings. The number of likely N-dealkylation sites (N-methyl/N-ethyl adjacent to an activating group) is 1. The molecule has 1 heterocycles. The highest BCUT2D eigenvalue weighted by molar-refractivity contribution is 5.76. The molecule has 1 N–H and O–H groups in total. The number of amides is 1. The summed E-state index contributed by atoms with van der Waals surface area (Å²) < 4.78 is 10.7. The predicted octanol–water partition coefficient (Wildman–Crippen LogP) is 1.91. The first-order valence-corrected chi connectivity index (χ1v) is 9.03. The monoisotopic (exact) mass is 349 g/mol. The van der Waals surface area contributed by atoms with Crippen molar-refractivity contribution < 1.29 is 14.3 Å². The van der Waals surface area contributed by atoms with E-state index in [4.69, 9.17) is 9.47 Å².